The van der Waals surface area contributed by atoms with Gasteiger partial charge in [0.25, 0.3) is 0 Å². The Bertz CT molecular complexity index is 99.8. The van der Waals surface area contributed by atoms with Gasteiger partial charge in [-0.25, -0.2) is 0 Å². The molecule has 1 aliphatic heterocycles. The van der Waals surface area contributed by atoms with Crippen LogP contribution in [0.15, 0.2) is 12.7 Å². The molecule has 1 fully saturated rings. The number of hydrogen-bond donors (Lipinski definition) is 0. The minimum absolute atomic E-state index is 0.647. The van der Waals surface area contributed by atoms with Crippen molar-refractivity contribution in [2.24, 2.45) is 0 Å². The van der Waals surface area contributed by atoms with Crippen molar-refractivity contribution in [3.8, 4) is 0 Å². The molecule has 0 aromatic heterocycles. The van der Waals surface area contributed by atoms with Gasteiger partial charge in [0.1, 0.15) is 0 Å². The summed E-state index contributed by atoms with van der Waals surface area (Å²) in [6.45, 7) is 5.12. The van der Waals surface area contributed by atoms with E-state index in [0.717, 1.165) is 12.7 Å². The van der Waals surface area contributed by atoms with E-state index in [1.54, 1.807) is 6.08 Å². The summed E-state index contributed by atoms with van der Waals surface area (Å²) < 4.78 is 10.8. The SMILES string of the molecule is C=CCO[Si]1CCCCO1. The second-order valence-electron chi connectivity index (χ2n) is 2.28. The Hall–Kier alpha value is -0.123. The van der Waals surface area contributed by atoms with Crippen molar-refractivity contribution in [1.29, 1.82) is 0 Å². The van der Waals surface area contributed by atoms with Gasteiger partial charge >= 0.3 is 9.28 Å². The lowest BCUT2D eigenvalue weighted by atomic mass is 10.4. The third-order valence-electron chi connectivity index (χ3n) is 1.40. The van der Waals surface area contributed by atoms with Crippen molar-refractivity contribution >= 4 is 9.28 Å². The van der Waals surface area contributed by atoms with Gasteiger partial charge in [-0.1, -0.05) is 6.08 Å². The molecule has 1 heterocycles. The number of rotatable bonds is 3. The molecule has 0 N–H and O–H groups in total. The van der Waals surface area contributed by atoms with E-state index in [1.807, 2.05) is 0 Å². The van der Waals surface area contributed by atoms with E-state index < -0.39 is 9.28 Å². The maximum absolute atomic E-state index is 5.41. The van der Waals surface area contributed by atoms with E-state index in [4.69, 9.17) is 8.85 Å². The van der Waals surface area contributed by atoms with E-state index >= 15 is 0 Å². The van der Waals surface area contributed by atoms with E-state index in [-0.39, 0.29) is 0 Å². The Kier molecular flexibility index (Phi) is 3.71. The maximum Gasteiger partial charge on any atom is 0.384 e. The first-order valence-electron chi connectivity index (χ1n) is 3.66. The smallest absolute Gasteiger partial charge is 0.384 e. The molecule has 1 rings (SSSR count). The van der Waals surface area contributed by atoms with E-state index in [9.17, 15) is 0 Å². The summed E-state index contributed by atoms with van der Waals surface area (Å²) in [6, 6.07) is 1.14. The summed E-state index contributed by atoms with van der Waals surface area (Å²) in [5, 5.41) is 0. The van der Waals surface area contributed by atoms with E-state index in [2.05, 4.69) is 6.58 Å². The molecule has 0 amide bonds. The molecule has 0 aliphatic carbocycles. The first-order valence-corrected chi connectivity index (χ1v) is 5.18. The first kappa shape index (κ1) is 7.98. The van der Waals surface area contributed by atoms with E-state index in [0.29, 0.717) is 6.61 Å². The molecule has 0 saturated carbocycles. The second-order valence-corrected chi connectivity index (χ2v) is 4.10. The lowest BCUT2D eigenvalue weighted by Crippen LogP contribution is -2.26. The quantitative estimate of drug-likeness (QED) is 0.456. The van der Waals surface area contributed by atoms with E-state index in [1.165, 1.54) is 12.8 Å². The minimum atomic E-state index is -0.882. The first-order chi connectivity index (χ1) is 4.93. The summed E-state index contributed by atoms with van der Waals surface area (Å²) in [5.74, 6) is 0. The zero-order chi connectivity index (χ0) is 7.23. The van der Waals surface area contributed by atoms with Crippen LogP contribution in [-0.4, -0.2) is 22.5 Å². The summed E-state index contributed by atoms with van der Waals surface area (Å²) in [4.78, 5) is 0. The van der Waals surface area contributed by atoms with Crippen LogP contribution in [0.5, 0.6) is 0 Å². The highest BCUT2D eigenvalue weighted by Gasteiger charge is 2.18. The molecule has 1 radical (unpaired) electrons. The fourth-order valence-electron chi connectivity index (χ4n) is 0.895. The summed E-state index contributed by atoms with van der Waals surface area (Å²) >= 11 is 0. The molecule has 1 aliphatic rings. The van der Waals surface area contributed by atoms with Crippen LogP contribution in [0.1, 0.15) is 12.8 Å². The fourth-order valence-corrected chi connectivity index (χ4v) is 2.48. The highest BCUT2D eigenvalue weighted by Crippen LogP contribution is 2.10. The van der Waals surface area contributed by atoms with Crippen molar-refractivity contribution in [2.45, 2.75) is 18.9 Å². The molecular weight excluding hydrogens is 144 g/mol. The molecule has 57 valence electrons. The molecule has 0 aromatic rings. The van der Waals surface area contributed by atoms with Crippen LogP contribution in [0.3, 0.4) is 0 Å². The van der Waals surface area contributed by atoms with Crippen molar-refractivity contribution in [2.75, 3.05) is 13.2 Å². The Labute approximate surface area is 63.7 Å². The molecule has 1 saturated heterocycles. The van der Waals surface area contributed by atoms with Crippen molar-refractivity contribution in [3.63, 3.8) is 0 Å². The Morgan fingerprint density at radius 1 is 1.60 bits per heavy atom. The predicted molar refractivity (Wildman–Crippen MR) is 41.9 cm³/mol. The van der Waals surface area contributed by atoms with Crippen molar-refractivity contribution < 1.29 is 8.85 Å². The Balaban J connectivity index is 2.07. The summed E-state index contributed by atoms with van der Waals surface area (Å²) in [5.41, 5.74) is 0. The van der Waals surface area contributed by atoms with Gasteiger partial charge < -0.3 is 8.85 Å². The molecule has 0 bridgehead atoms. The van der Waals surface area contributed by atoms with Crippen LogP contribution in [0.25, 0.3) is 0 Å². The molecule has 10 heavy (non-hydrogen) atoms. The van der Waals surface area contributed by atoms with Gasteiger partial charge in [0.15, 0.2) is 0 Å². The highest BCUT2D eigenvalue weighted by molar-refractivity contribution is 6.44. The lowest BCUT2D eigenvalue weighted by molar-refractivity contribution is 0.191. The maximum atomic E-state index is 5.41. The molecule has 0 unspecified atom stereocenters. The van der Waals surface area contributed by atoms with Gasteiger partial charge in [-0.05, 0) is 18.9 Å². The standard InChI is InChI=1S/C7H13O2Si/c1-2-5-8-10-7-4-3-6-9-10/h2H,1,3-7H2. The van der Waals surface area contributed by atoms with Gasteiger partial charge in [-0.2, -0.15) is 0 Å². The average Bonchev–Trinajstić information content (AvgIpc) is 2.03. The summed E-state index contributed by atoms with van der Waals surface area (Å²) in [6.07, 6.45) is 4.24. The van der Waals surface area contributed by atoms with Gasteiger partial charge in [0, 0.05) is 6.61 Å². The van der Waals surface area contributed by atoms with Crippen LogP contribution in [0.2, 0.25) is 6.04 Å². The minimum Gasteiger partial charge on any atom is -0.393 e. The second kappa shape index (κ2) is 4.66. The molecule has 0 aromatic carbocycles. The normalized spacial score (nSPS) is 20.8. The van der Waals surface area contributed by atoms with Gasteiger partial charge in [0.2, 0.25) is 0 Å². The van der Waals surface area contributed by atoms with Crippen molar-refractivity contribution in [1.82, 2.24) is 0 Å². The average molecular weight is 157 g/mol. The fraction of sp³-hybridized carbons (Fsp3) is 0.714. The third-order valence-corrected chi connectivity index (χ3v) is 3.18. The summed E-state index contributed by atoms with van der Waals surface area (Å²) in [7, 11) is -0.882. The van der Waals surface area contributed by atoms with Gasteiger partial charge in [-0.3, -0.25) is 0 Å². The zero-order valence-corrected chi connectivity index (χ0v) is 7.14. The monoisotopic (exact) mass is 157 g/mol. The molecule has 3 heteroatoms. The number of hydrogen-bond acceptors (Lipinski definition) is 2. The topological polar surface area (TPSA) is 18.5 Å². The third kappa shape index (κ3) is 2.64. The highest BCUT2D eigenvalue weighted by atomic mass is 28.3. The van der Waals surface area contributed by atoms with Crippen molar-refractivity contribution in [3.05, 3.63) is 12.7 Å². The largest absolute Gasteiger partial charge is 0.393 e. The molecule has 0 atom stereocenters. The Morgan fingerprint density at radius 2 is 2.50 bits per heavy atom. The van der Waals surface area contributed by atoms with Crippen LogP contribution < -0.4 is 0 Å². The van der Waals surface area contributed by atoms with Gasteiger partial charge in [0.05, 0.1) is 6.61 Å². The zero-order valence-electron chi connectivity index (χ0n) is 6.14. The van der Waals surface area contributed by atoms with Crippen LogP contribution in [0.4, 0.5) is 0 Å². The van der Waals surface area contributed by atoms with Crippen LogP contribution in [-0.2, 0) is 8.85 Å². The van der Waals surface area contributed by atoms with Gasteiger partial charge in [-0.15, -0.1) is 6.58 Å². The predicted octanol–water partition coefficient (Wildman–Crippen LogP) is 1.49. The molecular formula is C7H13O2Si. The Morgan fingerprint density at radius 3 is 3.10 bits per heavy atom. The van der Waals surface area contributed by atoms with Crippen LogP contribution >= 0.6 is 0 Å². The van der Waals surface area contributed by atoms with Crippen LogP contribution in [0, 0.1) is 0 Å². The molecule has 2 nitrogen and oxygen atoms in total. The molecule has 0 spiro atoms. The lowest BCUT2D eigenvalue weighted by Gasteiger charge is -2.18.